The molecule has 0 aliphatic rings. The van der Waals surface area contributed by atoms with Gasteiger partial charge in [-0.05, 0) is 48.0 Å². The summed E-state index contributed by atoms with van der Waals surface area (Å²) in [5.41, 5.74) is 1.04. The molecular formula is C21H18ClFN2O3S. The first-order chi connectivity index (χ1) is 13.9. The van der Waals surface area contributed by atoms with E-state index in [-0.39, 0.29) is 11.4 Å². The Morgan fingerprint density at radius 3 is 2.21 bits per heavy atom. The highest BCUT2D eigenvalue weighted by Gasteiger charge is 2.27. The summed E-state index contributed by atoms with van der Waals surface area (Å²) in [5.74, 6) is -1.05. The van der Waals surface area contributed by atoms with Crippen LogP contribution in [0.3, 0.4) is 0 Å². The molecule has 1 amide bonds. The van der Waals surface area contributed by atoms with Gasteiger partial charge in [0, 0.05) is 11.6 Å². The third kappa shape index (κ3) is 5.13. The number of anilines is 1. The molecule has 3 aromatic rings. The predicted molar refractivity (Wildman–Crippen MR) is 111 cm³/mol. The van der Waals surface area contributed by atoms with Crippen molar-refractivity contribution >= 4 is 33.2 Å². The molecule has 5 nitrogen and oxygen atoms in total. The molecule has 1 N–H and O–H groups in total. The quantitative estimate of drug-likeness (QED) is 0.613. The number of amides is 1. The van der Waals surface area contributed by atoms with E-state index in [0.717, 1.165) is 22.0 Å². The van der Waals surface area contributed by atoms with E-state index in [9.17, 15) is 17.6 Å². The Labute approximate surface area is 173 Å². The second kappa shape index (κ2) is 9.07. The first-order valence-corrected chi connectivity index (χ1v) is 10.5. The molecular weight excluding hydrogens is 415 g/mol. The van der Waals surface area contributed by atoms with Crippen LogP contribution >= 0.6 is 11.6 Å². The second-order valence-corrected chi connectivity index (χ2v) is 8.44. The molecule has 0 aliphatic heterocycles. The maximum Gasteiger partial charge on any atom is 0.264 e. The van der Waals surface area contributed by atoms with E-state index in [1.807, 2.05) is 0 Å². The number of nitrogens with one attached hydrogen (secondary N) is 1. The van der Waals surface area contributed by atoms with Gasteiger partial charge >= 0.3 is 0 Å². The van der Waals surface area contributed by atoms with E-state index >= 15 is 0 Å². The van der Waals surface area contributed by atoms with Crippen LogP contribution in [0.1, 0.15) is 5.56 Å². The molecule has 150 valence electrons. The summed E-state index contributed by atoms with van der Waals surface area (Å²) < 4.78 is 40.4. The van der Waals surface area contributed by atoms with E-state index in [4.69, 9.17) is 11.6 Å². The molecule has 0 bridgehead atoms. The predicted octanol–water partition coefficient (Wildman–Crippen LogP) is 3.99. The highest BCUT2D eigenvalue weighted by atomic mass is 35.5. The van der Waals surface area contributed by atoms with Gasteiger partial charge < -0.3 is 5.32 Å². The third-order valence-electron chi connectivity index (χ3n) is 4.17. The van der Waals surface area contributed by atoms with Crippen LogP contribution in [0.4, 0.5) is 10.1 Å². The molecule has 3 aromatic carbocycles. The number of sulfonamides is 1. The van der Waals surface area contributed by atoms with E-state index in [2.05, 4.69) is 5.32 Å². The van der Waals surface area contributed by atoms with Crippen molar-refractivity contribution in [3.8, 4) is 0 Å². The van der Waals surface area contributed by atoms with Gasteiger partial charge in [-0.15, -0.1) is 0 Å². The van der Waals surface area contributed by atoms with Crippen molar-refractivity contribution < 1.29 is 17.6 Å². The molecule has 0 unspecified atom stereocenters. The van der Waals surface area contributed by atoms with Gasteiger partial charge in [-0.1, -0.05) is 48.0 Å². The van der Waals surface area contributed by atoms with E-state index in [0.29, 0.717) is 10.7 Å². The molecule has 0 aromatic heterocycles. The van der Waals surface area contributed by atoms with E-state index in [1.54, 1.807) is 54.6 Å². The molecule has 0 fully saturated rings. The van der Waals surface area contributed by atoms with Crippen LogP contribution in [-0.4, -0.2) is 20.9 Å². The van der Waals surface area contributed by atoms with Gasteiger partial charge in [0.15, 0.2) is 0 Å². The standard InChI is InChI=1S/C21H18ClFN2O3S/c22-20-9-5-4-6-16(20)14-24-21(26)15-25(18-7-2-1-3-8-18)29(27,28)19-12-10-17(23)11-13-19/h1-13H,14-15H2,(H,24,26). The summed E-state index contributed by atoms with van der Waals surface area (Å²) in [5, 5.41) is 3.19. The average molecular weight is 433 g/mol. The fourth-order valence-corrected chi connectivity index (χ4v) is 4.29. The van der Waals surface area contributed by atoms with Crippen molar-refractivity contribution in [1.29, 1.82) is 0 Å². The largest absolute Gasteiger partial charge is 0.350 e. The lowest BCUT2D eigenvalue weighted by atomic mass is 10.2. The molecule has 0 aliphatic carbocycles. The Morgan fingerprint density at radius 1 is 0.931 bits per heavy atom. The fourth-order valence-electron chi connectivity index (χ4n) is 2.67. The van der Waals surface area contributed by atoms with E-state index in [1.165, 1.54) is 12.1 Å². The number of para-hydroxylation sites is 1. The van der Waals surface area contributed by atoms with Crippen LogP contribution in [0, 0.1) is 5.82 Å². The minimum Gasteiger partial charge on any atom is -0.350 e. The molecule has 0 saturated carbocycles. The summed E-state index contributed by atoms with van der Waals surface area (Å²) in [7, 11) is -4.08. The monoisotopic (exact) mass is 432 g/mol. The number of carbonyl (C=O) groups excluding carboxylic acids is 1. The Bertz CT molecular complexity index is 1090. The van der Waals surface area contributed by atoms with Crippen molar-refractivity contribution in [2.75, 3.05) is 10.8 Å². The van der Waals surface area contributed by atoms with Crippen LogP contribution < -0.4 is 9.62 Å². The highest BCUT2D eigenvalue weighted by Crippen LogP contribution is 2.23. The Balaban J connectivity index is 1.84. The van der Waals surface area contributed by atoms with Crippen molar-refractivity contribution in [3.05, 3.63) is 95.3 Å². The summed E-state index contributed by atoms with van der Waals surface area (Å²) in [6.07, 6.45) is 0. The summed E-state index contributed by atoms with van der Waals surface area (Å²) in [6.45, 7) is -0.272. The Kier molecular flexibility index (Phi) is 6.51. The smallest absolute Gasteiger partial charge is 0.264 e. The molecule has 0 radical (unpaired) electrons. The lowest BCUT2D eigenvalue weighted by Crippen LogP contribution is -2.40. The minimum atomic E-state index is -4.08. The second-order valence-electron chi connectivity index (χ2n) is 6.17. The maximum absolute atomic E-state index is 13.2. The molecule has 0 heterocycles. The van der Waals surface area contributed by atoms with Crippen LogP contribution in [0.25, 0.3) is 0 Å². The van der Waals surface area contributed by atoms with Gasteiger partial charge in [0.25, 0.3) is 10.0 Å². The number of rotatable bonds is 7. The fraction of sp³-hybridized carbons (Fsp3) is 0.0952. The van der Waals surface area contributed by atoms with Gasteiger partial charge in [-0.2, -0.15) is 0 Å². The third-order valence-corrected chi connectivity index (χ3v) is 6.32. The Morgan fingerprint density at radius 2 is 1.55 bits per heavy atom. The van der Waals surface area contributed by atoms with Gasteiger partial charge in [0.2, 0.25) is 5.91 Å². The van der Waals surface area contributed by atoms with Crippen LogP contribution in [0.2, 0.25) is 5.02 Å². The number of hydrogen-bond acceptors (Lipinski definition) is 3. The summed E-state index contributed by atoms with van der Waals surface area (Å²) in [4.78, 5) is 12.4. The van der Waals surface area contributed by atoms with Gasteiger partial charge in [-0.3, -0.25) is 9.10 Å². The van der Waals surface area contributed by atoms with E-state index < -0.39 is 28.3 Å². The van der Waals surface area contributed by atoms with Crippen LogP contribution in [-0.2, 0) is 21.4 Å². The van der Waals surface area contributed by atoms with Crippen molar-refractivity contribution in [3.63, 3.8) is 0 Å². The van der Waals surface area contributed by atoms with Gasteiger partial charge in [-0.25, -0.2) is 12.8 Å². The van der Waals surface area contributed by atoms with Crippen molar-refractivity contribution in [2.24, 2.45) is 0 Å². The SMILES string of the molecule is O=C(CN(c1ccccc1)S(=O)(=O)c1ccc(F)cc1)NCc1ccccc1Cl. The number of hydrogen-bond donors (Lipinski definition) is 1. The van der Waals surface area contributed by atoms with Crippen molar-refractivity contribution in [2.45, 2.75) is 11.4 Å². The highest BCUT2D eigenvalue weighted by molar-refractivity contribution is 7.92. The maximum atomic E-state index is 13.2. The van der Waals surface area contributed by atoms with Crippen LogP contribution in [0.5, 0.6) is 0 Å². The van der Waals surface area contributed by atoms with Gasteiger partial charge in [0.05, 0.1) is 10.6 Å². The minimum absolute atomic E-state index is 0.110. The normalized spacial score (nSPS) is 11.1. The molecule has 29 heavy (non-hydrogen) atoms. The Hall–Kier alpha value is -2.90. The number of halogens is 2. The summed E-state index contributed by atoms with van der Waals surface area (Å²) in [6, 6.07) is 19.8. The number of nitrogens with zero attached hydrogens (tertiary/aromatic N) is 1. The summed E-state index contributed by atoms with van der Waals surface area (Å²) >= 11 is 6.09. The van der Waals surface area contributed by atoms with Crippen molar-refractivity contribution in [1.82, 2.24) is 5.32 Å². The van der Waals surface area contributed by atoms with Crippen LogP contribution in [0.15, 0.2) is 83.8 Å². The first kappa shape index (κ1) is 20.8. The first-order valence-electron chi connectivity index (χ1n) is 8.71. The molecule has 0 atom stereocenters. The molecule has 3 rings (SSSR count). The molecule has 8 heteroatoms. The zero-order valence-electron chi connectivity index (χ0n) is 15.3. The molecule has 0 spiro atoms. The number of benzene rings is 3. The topological polar surface area (TPSA) is 66.5 Å². The lowest BCUT2D eigenvalue weighted by molar-refractivity contribution is -0.119. The molecule has 0 saturated heterocycles. The lowest BCUT2D eigenvalue weighted by Gasteiger charge is -2.24. The number of carbonyl (C=O) groups is 1. The van der Waals surface area contributed by atoms with Gasteiger partial charge in [0.1, 0.15) is 12.4 Å². The zero-order chi connectivity index (χ0) is 20.9. The average Bonchev–Trinajstić information content (AvgIpc) is 2.72. The zero-order valence-corrected chi connectivity index (χ0v) is 16.8.